The van der Waals surface area contributed by atoms with E-state index in [4.69, 9.17) is 28.3 Å². The van der Waals surface area contributed by atoms with Crippen LogP contribution in [0.2, 0.25) is 10.0 Å². The van der Waals surface area contributed by atoms with Crippen molar-refractivity contribution >= 4 is 40.9 Å². The Morgan fingerprint density at radius 1 is 1.15 bits per heavy atom. The summed E-state index contributed by atoms with van der Waals surface area (Å²) in [5.41, 5.74) is 0.0731. The maximum atomic E-state index is 12.0. The molecule has 0 aliphatic rings. The molecule has 2 aromatic rings. The molecule has 7 heteroatoms. The van der Waals surface area contributed by atoms with Crippen LogP contribution >= 0.6 is 23.2 Å². The quantitative estimate of drug-likeness (QED) is 0.911. The number of hydrogen-bond donors (Lipinski definition) is 2. The molecule has 1 heterocycles. The molecule has 0 saturated carbocycles. The SMILES string of the molecule is O=C(Nc1ncccc1C(=O)O)c1ccc(Cl)cc1Cl. The lowest BCUT2D eigenvalue weighted by Crippen LogP contribution is -2.16. The Bertz CT molecular complexity index is 689. The predicted octanol–water partition coefficient (Wildman–Crippen LogP) is 3.34. The minimum absolute atomic E-state index is 0.0454. The fourth-order valence-corrected chi connectivity index (χ4v) is 2.02. The number of anilines is 1. The summed E-state index contributed by atoms with van der Waals surface area (Å²) >= 11 is 11.7. The molecule has 1 aromatic heterocycles. The van der Waals surface area contributed by atoms with E-state index >= 15 is 0 Å². The van der Waals surface area contributed by atoms with Gasteiger partial charge in [0.25, 0.3) is 5.91 Å². The van der Waals surface area contributed by atoms with E-state index in [2.05, 4.69) is 10.3 Å². The van der Waals surface area contributed by atoms with Crippen LogP contribution in [0.3, 0.4) is 0 Å². The van der Waals surface area contributed by atoms with Gasteiger partial charge in [0, 0.05) is 11.2 Å². The zero-order valence-corrected chi connectivity index (χ0v) is 11.4. The molecular weight excluding hydrogens is 303 g/mol. The van der Waals surface area contributed by atoms with Gasteiger partial charge in [-0.1, -0.05) is 23.2 Å². The van der Waals surface area contributed by atoms with Crippen LogP contribution in [0.5, 0.6) is 0 Å². The third-order valence-corrected chi connectivity index (χ3v) is 2.99. The average molecular weight is 311 g/mol. The van der Waals surface area contributed by atoms with Gasteiger partial charge in [0.1, 0.15) is 11.4 Å². The molecule has 0 radical (unpaired) electrons. The van der Waals surface area contributed by atoms with Gasteiger partial charge in [-0.05, 0) is 30.3 Å². The monoisotopic (exact) mass is 310 g/mol. The molecule has 0 bridgehead atoms. The highest BCUT2D eigenvalue weighted by molar-refractivity contribution is 6.37. The maximum Gasteiger partial charge on any atom is 0.339 e. The van der Waals surface area contributed by atoms with Gasteiger partial charge in [0.15, 0.2) is 0 Å². The summed E-state index contributed by atoms with van der Waals surface area (Å²) in [5.74, 6) is -1.79. The molecule has 2 rings (SSSR count). The summed E-state index contributed by atoms with van der Waals surface area (Å²) in [6, 6.07) is 7.19. The molecule has 2 N–H and O–H groups in total. The highest BCUT2D eigenvalue weighted by atomic mass is 35.5. The first-order valence-corrected chi connectivity index (χ1v) is 6.19. The fraction of sp³-hybridized carbons (Fsp3) is 0. The standard InChI is InChI=1S/C13H8Cl2N2O3/c14-7-3-4-8(10(15)6-7)12(18)17-11-9(13(19)20)2-1-5-16-11/h1-6H,(H,19,20)(H,16,17,18). The number of halogens is 2. The summed E-state index contributed by atoms with van der Waals surface area (Å²) in [5, 5.41) is 12.0. The minimum Gasteiger partial charge on any atom is -0.478 e. The highest BCUT2D eigenvalue weighted by Crippen LogP contribution is 2.22. The van der Waals surface area contributed by atoms with Gasteiger partial charge >= 0.3 is 5.97 Å². The molecule has 0 aliphatic heterocycles. The van der Waals surface area contributed by atoms with Crippen molar-refractivity contribution in [3.05, 3.63) is 57.7 Å². The number of carboxylic acids is 1. The number of nitrogens with one attached hydrogen (secondary N) is 1. The van der Waals surface area contributed by atoms with E-state index in [1.165, 1.54) is 36.5 Å². The van der Waals surface area contributed by atoms with Crippen molar-refractivity contribution in [2.24, 2.45) is 0 Å². The van der Waals surface area contributed by atoms with E-state index in [0.29, 0.717) is 5.02 Å². The number of nitrogens with zero attached hydrogens (tertiary/aromatic N) is 1. The number of pyridine rings is 1. The zero-order valence-electron chi connectivity index (χ0n) is 9.93. The first-order chi connectivity index (χ1) is 9.49. The van der Waals surface area contributed by atoms with Crippen LogP contribution in [0, 0.1) is 0 Å². The Balaban J connectivity index is 2.30. The van der Waals surface area contributed by atoms with Crippen molar-refractivity contribution in [1.29, 1.82) is 0 Å². The van der Waals surface area contributed by atoms with Crippen LogP contribution in [0.1, 0.15) is 20.7 Å². The zero-order chi connectivity index (χ0) is 14.7. The first-order valence-electron chi connectivity index (χ1n) is 5.44. The molecule has 0 spiro atoms. The van der Waals surface area contributed by atoms with Gasteiger partial charge in [-0.2, -0.15) is 0 Å². The third-order valence-electron chi connectivity index (χ3n) is 2.45. The van der Waals surface area contributed by atoms with E-state index in [-0.39, 0.29) is 22.0 Å². The molecule has 1 amide bonds. The third kappa shape index (κ3) is 3.07. The average Bonchev–Trinajstić information content (AvgIpc) is 2.38. The highest BCUT2D eigenvalue weighted by Gasteiger charge is 2.16. The van der Waals surface area contributed by atoms with Crippen molar-refractivity contribution in [3.8, 4) is 0 Å². The van der Waals surface area contributed by atoms with Gasteiger partial charge in [0.05, 0.1) is 10.6 Å². The number of hydrogen-bond acceptors (Lipinski definition) is 3. The van der Waals surface area contributed by atoms with E-state index in [1.54, 1.807) is 0 Å². The lowest BCUT2D eigenvalue weighted by Gasteiger charge is -2.08. The smallest absolute Gasteiger partial charge is 0.339 e. The Morgan fingerprint density at radius 3 is 2.55 bits per heavy atom. The Morgan fingerprint density at radius 2 is 1.90 bits per heavy atom. The second kappa shape index (κ2) is 5.90. The van der Waals surface area contributed by atoms with Crippen molar-refractivity contribution in [2.75, 3.05) is 5.32 Å². The second-order valence-corrected chi connectivity index (χ2v) is 4.63. The molecule has 0 unspecified atom stereocenters. The van der Waals surface area contributed by atoms with Gasteiger partial charge in [0.2, 0.25) is 0 Å². The number of rotatable bonds is 3. The second-order valence-electron chi connectivity index (χ2n) is 3.78. The molecular formula is C13H8Cl2N2O3. The number of carbonyl (C=O) groups is 2. The van der Waals surface area contributed by atoms with Crippen molar-refractivity contribution in [3.63, 3.8) is 0 Å². The summed E-state index contributed by atoms with van der Waals surface area (Å²) in [4.78, 5) is 26.9. The molecule has 20 heavy (non-hydrogen) atoms. The van der Waals surface area contributed by atoms with Crippen LogP contribution in [-0.4, -0.2) is 22.0 Å². The van der Waals surface area contributed by atoms with Gasteiger partial charge < -0.3 is 10.4 Å². The summed E-state index contributed by atoms with van der Waals surface area (Å²) in [7, 11) is 0. The number of carboxylic acid groups (broad SMARTS) is 1. The molecule has 1 aromatic carbocycles. The fourth-order valence-electron chi connectivity index (χ4n) is 1.53. The molecule has 0 fully saturated rings. The largest absolute Gasteiger partial charge is 0.478 e. The van der Waals surface area contributed by atoms with Crippen molar-refractivity contribution in [2.45, 2.75) is 0 Å². The summed E-state index contributed by atoms with van der Waals surface area (Å²) < 4.78 is 0. The topological polar surface area (TPSA) is 79.3 Å². The van der Waals surface area contributed by atoms with Gasteiger partial charge in [-0.3, -0.25) is 4.79 Å². The normalized spacial score (nSPS) is 10.1. The lowest BCUT2D eigenvalue weighted by atomic mass is 10.2. The Kier molecular flexibility index (Phi) is 4.22. The summed E-state index contributed by atoms with van der Waals surface area (Å²) in [6.45, 7) is 0. The first kappa shape index (κ1) is 14.3. The molecule has 102 valence electrons. The Labute approximate surface area is 124 Å². The summed E-state index contributed by atoms with van der Waals surface area (Å²) in [6.07, 6.45) is 1.38. The molecule has 5 nitrogen and oxygen atoms in total. The maximum absolute atomic E-state index is 12.0. The van der Waals surface area contributed by atoms with E-state index in [0.717, 1.165) is 0 Å². The number of aromatic carboxylic acids is 1. The van der Waals surface area contributed by atoms with E-state index < -0.39 is 11.9 Å². The van der Waals surface area contributed by atoms with Crippen molar-refractivity contribution < 1.29 is 14.7 Å². The molecule has 0 aliphatic carbocycles. The van der Waals surface area contributed by atoms with E-state index in [9.17, 15) is 9.59 Å². The van der Waals surface area contributed by atoms with E-state index in [1.807, 2.05) is 0 Å². The van der Waals surface area contributed by atoms with Gasteiger partial charge in [-0.15, -0.1) is 0 Å². The van der Waals surface area contributed by atoms with Crippen LogP contribution in [0.25, 0.3) is 0 Å². The molecule has 0 atom stereocenters. The molecule has 0 saturated heterocycles. The van der Waals surface area contributed by atoms with Crippen LogP contribution in [-0.2, 0) is 0 Å². The lowest BCUT2D eigenvalue weighted by molar-refractivity contribution is 0.0697. The number of benzene rings is 1. The predicted molar refractivity (Wildman–Crippen MR) is 75.6 cm³/mol. The van der Waals surface area contributed by atoms with Crippen LogP contribution < -0.4 is 5.32 Å². The van der Waals surface area contributed by atoms with Crippen LogP contribution in [0.15, 0.2) is 36.5 Å². The number of amides is 1. The number of carbonyl (C=O) groups excluding carboxylic acids is 1. The Hall–Kier alpha value is -2.11. The number of aromatic nitrogens is 1. The van der Waals surface area contributed by atoms with Gasteiger partial charge in [-0.25, -0.2) is 9.78 Å². The minimum atomic E-state index is -1.18. The van der Waals surface area contributed by atoms with Crippen LogP contribution in [0.4, 0.5) is 5.82 Å². The van der Waals surface area contributed by atoms with Crippen molar-refractivity contribution in [1.82, 2.24) is 4.98 Å².